The Morgan fingerprint density at radius 3 is 1.16 bits per heavy atom. The minimum Gasteiger partial charge on any atom is -0.466 e. The lowest BCUT2D eigenvalue weighted by Crippen LogP contribution is -2.45. The lowest BCUT2D eigenvalue weighted by Gasteiger charge is -2.20. The van der Waals surface area contributed by atoms with E-state index < -0.39 is 12.1 Å². The van der Waals surface area contributed by atoms with Crippen LogP contribution in [-0.4, -0.2) is 47.4 Å². The third kappa shape index (κ3) is 47.7. The monoisotopic (exact) mass is 860 g/mol. The quantitative estimate of drug-likeness (QED) is 0.0322. The molecule has 2 atom stereocenters. The molecule has 6 heteroatoms. The Kier molecular flexibility index (Phi) is 49.6. The first-order valence-corrected chi connectivity index (χ1v) is 27.1. The van der Waals surface area contributed by atoms with E-state index in [1.165, 1.54) is 186 Å². The molecule has 0 aromatic heterocycles. The number of amides is 1. The predicted molar refractivity (Wildman–Crippen MR) is 264 cm³/mol. The van der Waals surface area contributed by atoms with Crippen molar-refractivity contribution in [3.8, 4) is 0 Å². The molecule has 0 rings (SSSR count). The average Bonchev–Trinajstić information content (AvgIpc) is 3.26. The zero-order valence-electron chi connectivity index (χ0n) is 40.9. The molecule has 0 aliphatic rings. The predicted octanol–water partition coefficient (Wildman–Crippen LogP) is 16.3. The highest BCUT2D eigenvalue weighted by Crippen LogP contribution is 2.16. The number of rotatable bonds is 50. The molecule has 0 saturated carbocycles. The van der Waals surface area contributed by atoms with Crippen LogP contribution in [0.15, 0.2) is 24.3 Å². The highest BCUT2D eigenvalue weighted by Gasteiger charge is 2.18. The first kappa shape index (κ1) is 59.3. The van der Waals surface area contributed by atoms with Crippen LogP contribution in [0.25, 0.3) is 0 Å². The summed E-state index contributed by atoms with van der Waals surface area (Å²) in [6.45, 7) is 4.82. The second-order valence-corrected chi connectivity index (χ2v) is 18.6. The number of esters is 1. The van der Waals surface area contributed by atoms with Crippen LogP contribution in [0.3, 0.4) is 0 Å². The fourth-order valence-electron chi connectivity index (χ4n) is 8.27. The van der Waals surface area contributed by atoms with Crippen LogP contribution in [0.4, 0.5) is 0 Å². The summed E-state index contributed by atoms with van der Waals surface area (Å²) in [5, 5.41) is 23.1. The molecule has 0 saturated heterocycles. The third-order valence-corrected chi connectivity index (χ3v) is 12.5. The van der Waals surface area contributed by atoms with Crippen LogP contribution in [0.5, 0.6) is 0 Å². The van der Waals surface area contributed by atoms with Crippen LogP contribution in [0, 0.1) is 0 Å². The number of allylic oxidation sites excluding steroid dienone is 3. The fraction of sp³-hybridized carbons (Fsp3) is 0.891. The van der Waals surface area contributed by atoms with E-state index in [2.05, 4.69) is 31.3 Å². The highest BCUT2D eigenvalue weighted by atomic mass is 16.5. The molecule has 0 heterocycles. The Morgan fingerprint density at radius 1 is 0.443 bits per heavy atom. The van der Waals surface area contributed by atoms with Crippen molar-refractivity contribution < 1.29 is 24.5 Å². The molecule has 0 fully saturated rings. The number of unbranched alkanes of at least 4 members (excludes halogenated alkanes) is 37. The minimum atomic E-state index is -0.866. The summed E-state index contributed by atoms with van der Waals surface area (Å²) in [4.78, 5) is 24.4. The van der Waals surface area contributed by atoms with Gasteiger partial charge in [0.2, 0.25) is 5.91 Å². The van der Waals surface area contributed by atoms with Gasteiger partial charge < -0.3 is 20.3 Å². The van der Waals surface area contributed by atoms with Crippen molar-refractivity contribution in [3.05, 3.63) is 24.3 Å². The number of nitrogens with one attached hydrogen (secondary N) is 1. The Hall–Kier alpha value is -1.66. The standard InChI is InChI=1S/C55H105NO5/c1-3-5-7-9-11-13-15-17-18-19-20-21-22-23-24-25-26-27-31-35-39-43-47-53(58)52(51-57)56-54(59)48-44-40-36-32-29-30-34-38-42-46-50-61-55(60)49-45-41-37-33-28-16-14-12-10-8-6-4-2/h30,34,43,47,52-53,57-58H,3-29,31-33,35-42,44-46,48-51H2,1-2H3,(H,56,59)/b34-30-,47-43+. The summed E-state index contributed by atoms with van der Waals surface area (Å²) in [5.74, 6) is -0.139. The molecule has 0 spiro atoms. The van der Waals surface area contributed by atoms with Gasteiger partial charge in [-0.15, -0.1) is 0 Å². The van der Waals surface area contributed by atoms with Gasteiger partial charge in [0.05, 0.1) is 25.4 Å². The molecule has 3 N–H and O–H groups in total. The van der Waals surface area contributed by atoms with E-state index in [0.717, 1.165) is 77.0 Å². The number of ether oxygens (including phenoxy) is 1. The molecule has 61 heavy (non-hydrogen) atoms. The van der Waals surface area contributed by atoms with Crippen molar-refractivity contribution in [1.82, 2.24) is 5.32 Å². The molecule has 2 unspecified atom stereocenters. The molecule has 6 nitrogen and oxygen atoms in total. The van der Waals surface area contributed by atoms with E-state index in [-0.39, 0.29) is 18.5 Å². The molecule has 0 radical (unpaired) electrons. The molecule has 0 bridgehead atoms. The molecule has 0 aromatic carbocycles. The largest absolute Gasteiger partial charge is 0.466 e. The third-order valence-electron chi connectivity index (χ3n) is 12.5. The van der Waals surface area contributed by atoms with Gasteiger partial charge in [0.1, 0.15) is 0 Å². The van der Waals surface area contributed by atoms with Gasteiger partial charge in [0.15, 0.2) is 0 Å². The van der Waals surface area contributed by atoms with Gasteiger partial charge in [-0.2, -0.15) is 0 Å². The van der Waals surface area contributed by atoms with Crippen LogP contribution in [0.2, 0.25) is 0 Å². The topological polar surface area (TPSA) is 95.9 Å². The van der Waals surface area contributed by atoms with E-state index >= 15 is 0 Å². The zero-order chi connectivity index (χ0) is 44.4. The highest BCUT2D eigenvalue weighted by molar-refractivity contribution is 5.76. The number of carbonyl (C=O) groups is 2. The molecule has 0 aromatic rings. The van der Waals surface area contributed by atoms with E-state index in [1.54, 1.807) is 6.08 Å². The maximum absolute atomic E-state index is 12.4. The Bertz CT molecular complexity index is 951. The summed E-state index contributed by atoms with van der Waals surface area (Å²) in [5.41, 5.74) is 0. The number of aliphatic hydroxyl groups excluding tert-OH is 2. The minimum absolute atomic E-state index is 0.0374. The van der Waals surface area contributed by atoms with E-state index in [1.807, 2.05) is 6.08 Å². The lowest BCUT2D eigenvalue weighted by molar-refractivity contribution is -0.143. The van der Waals surface area contributed by atoms with Crippen LogP contribution < -0.4 is 5.32 Å². The Labute approximate surface area is 380 Å². The number of hydrogen-bond donors (Lipinski definition) is 3. The summed E-state index contributed by atoms with van der Waals surface area (Å²) in [6.07, 6.45) is 60.5. The van der Waals surface area contributed by atoms with Crippen LogP contribution in [0.1, 0.15) is 290 Å². The van der Waals surface area contributed by atoms with E-state index in [4.69, 9.17) is 4.74 Å². The Morgan fingerprint density at radius 2 is 0.770 bits per heavy atom. The van der Waals surface area contributed by atoms with Crippen molar-refractivity contribution >= 4 is 11.9 Å². The van der Waals surface area contributed by atoms with Crippen LogP contribution in [-0.2, 0) is 14.3 Å². The van der Waals surface area contributed by atoms with Gasteiger partial charge in [-0.05, 0) is 57.8 Å². The second-order valence-electron chi connectivity index (χ2n) is 18.6. The number of aliphatic hydroxyl groups is 2. The number of hydrogen-bond acceptors (Lipinski definition) is 5. The Balaban J connectivity index is 3.55. The normalized spacial score (nSPS) is 12.8. The summed E-state index contributed by atoms with van der Waals surface area (Å²) < 4.78 is 5.42. The van der Waals surface area contributed by atoms with Gasteiger partial charge in [-0.3, -0.25) is 9.59 Å². The van der Waals surface area contributed by atoms with Gasteiger partial charge in [0.25, 0.3) is 0 Å². The SMILES string of the molecule is CCCCCCCCCCCCCCCCCCCCCC/C=C/C(O)C(CO)NC(=O)CCCCCC/C=C\CCCCOC(=O)CCCCCCCCCCCCCC. The van der Waals surface area contributed by atoms with Crippen molar-refractivity contribution in [1.29, 1.82) is 0 Å². The van der Waals surface area contributed by atoms with Crippen LogP contribution >= 0.6 is 0 Å². The van der Waals surface area contributed by atoms with Gasteiger partial charge >= 0.3 is 5.97 Å². The van der Waals surface area contributed by atoms with E-state index in [0.29, 0.717) is 19.4 Å². The maximum Gasteiger partial charge on any atom is 0.305 e. The first-order chi connectivity index (χ1) is 30.0. The van der Waals surface area contributed by atoms with Crippen molar-refractivity contribution in [2.45, 2.75) is 302 Å². The lowest BCUT2D eigenvalue weighted by atomic mass is 10.0. The average molecular weight is 860 g/mol. The van der Waals surface area contributed by atoms with Crippen molar-refractivity contribution in [3.63, 3.8) is 0 Å². The van der Waals surface area contributed by atoms with Crippen molar-refractivity contribution in [2.75, 3.05) is 13.2 Å². The fourth-order valence-corrected chi connectivity index (χ4v) is 8.27. The van der Waals surface area contributed by atoms with Crippen molar-refractivity contribution in [2.24, 2.45) is 0 Å². The smallest absolute Gasteiger partial charge is 0.305 e. The van der Waals surface area contributed by atoms with E-state index in [9.17, 15) is 19.8 Å². The zero-order valence-corrected chi connectivity index (χ0v) is 40.9. The molecule has 360 valence electrons. The maximum atomic E-state index is 12.4. The number of carbonyl (C=O) groups excluding carboxylic acids is 2. The molecular formula is C55H105NO5. The first-order valence-electron chi connectivity index (χ1n) is 27.1. The van der Waals surface area contributed by atoms with Gasteiger partial charge in [-0.25, -0.2) is 0 Å². The summed E-state index contributed by atoms with van der Waals surface area (Å²) in [7, 11) is 0. The molecule has 0 aliphatic carbocycles. The molecule has 0 aliphatic heterocycles. The molecule has 1 amide bonds. The molecular weight excluding hydrogens is 755 g/mol. The van der Waals surface area contributed by atoms with Gasteiger partial charge in [0, 0.05) is 12.8 Å². The second kappa shape index (κ2) is 51.0. The summed E-state index contributed by atoms with van der Waals surface area (Å²) >= 11 is 0. The summed E-state index contributed by atoms with van der Waals surface area (Å²) in [6, 6.07) is -0.653. The van der Waals surface area contributed by atoms with Gasteiger partial charge in [-0.1, -0.05) is 244 Å².